The third kappa shape index (κ3) is 40.1. The number of esters is 2. The van der Waals surface area contributed by atoms with E-state index in [0.717, 1.165) is 77.0 Å². The lowest BCUT2D eigenvalue weighted by Gasteiger charge is -2.15. The second-order valence-corrected chi connectivity index (χ2v) is 14.0. The molecule has 0 aromatic heterocycles. The molecule has 0 fully saturated rings. The summed E-state index contributed by atoms with van der Waals surface area (Å²) >= 11 is 0. The van der Waals surface area contributed by atoms with Gasteiger partial charge < -0.3 is 14.6 Å². The Labute approximate surface area is 321 Å². The van der Waals surface area contributed by atoms with Crippen molar-refractivity contribution in [1.82, 2.24) is 0 Å². The van der Waals surface area contributed by atoms with Crippen LogP contribution in [0.25, 0.3) is 0 Å². The molecule has 0 saturated heterocycles. The Kier molecular flexibility index (Phi) is 40.6. The van der Waals surface area contributed by atoms with E-state index in [4.69, 9.17) is 9.47 Å². The fourth-order valence-corrected chi connectivity index (χ4v) is 5.75. The van der Waals surface area contributed by atoms with Crippen molar-refractivity contribution in [3.8, 4) is 0 Å². The summed E-state index contributed by atoms with van der Waals surface area (Å²) in [6.45, 7) is 3.98. The molecule has 0 aromatic rings. The van der Waals surface area contributed by atoms with Crippen LogP contribution in [0.4, 0.5) is 0 Å². The van der Waals surface area contributed by atoms with Crippen molar-refractivity contribution in [2.24, 2.45) is 0 Å². The first kappa shape index (κ1) is 49.3. The molecule has 0 spiro atoms. The predicted molar refractivity (Wildman–Crippen MR) is 223 cm³/mol. The van der Waals surface area contributed by atoms with E-state index >= 15 is 0 Å². The van der Waals surface area contributed by atoms with E-state index in [1.165, 1.54) is 89.9 Å². The number of carbonyl (C=O) groups is 2. The van der Waals surface area contributed by atoms with E-state index in [9.17, 15) is 14.7 Å². The van der Waals surface area contributed by atoms with Gasteiger partial charge in [0.05, 0.1) is 6.61 Å². The number of aliphatic hydroxyl groups is 1. The van der Waals surface area contributed by atoms with Crippen molar-refractivity contribution in [2.75, 3.05) is 13.2 Å². The van der Waals surface area contributed by atoms with Crippen LogP contribution in [0, 0.1) is 0 Å². The summed E-state index contributed by atoms with van der Waals surface area (Å²) < 4.78 is 10.6. The summed E-state index contributed by atoms with van der Waals surface area (Å²) in [5, 5.41) is 9.58. The minimum absolute atomic E-state index is 0.0771. The SMILES string of the molecule is CC/C=C\C/C=C\C/C=C\C/C=C\CCCCCCCCC(=O)OC(CO)COC(=O)CCCCCCCCCCC/C=C\C/C=C\CCCCC. The normalized spacial score (nSPS) is 12.9. The van der Waals surface area contributed by atoms with Crippen LogP contribution >= 0.6 is 0 Å². The molecule has 1 N–H and O–H groups in total. The molecule has 52 heavy (non-hydrogen) atoms. The maximum atomic E-state index is 12.2. The quantitative estimate of drug-likeness (QED) is 0.0390. The zero-order valence-electron chi connectivity index (χ0n) is 33.8. The Balaban J connectivity index is 3.59. The van der Waals surface area contributed by atoms with Crippen molar-refractivity contribution < 1.29 is 24.2 Å². The Morgan fingerprint density at radius 1 is 0.462 bits per heavy atom. The number of hydrogen-bond donors (Lipinski definition) is 1. The molecular weight excluding hydrogens is 645 g/mol. The van der Waals surface area contributed by atoms with Crippen LogP contribution in [0.1, 0.15) is 194 Å². The Morgan fingerprint density at radius 3 is 1.25 bits per heavy atom. The molecule has 1 unspecified atom stereocenters. The lowest BCUT2D eigenvalue weighted by atomic mass is 10.1. The van der Waals surface area contributed by atoms with Gasteiger partial charge in [0.25, 0.3) is 0 Å². The van der Waals surface area contributed by atoms with E-state index in [-0.39, 0.29) is 25.2 Å². The van der Waals surface area contributed by atoms with Gasteiger partial charge >= 0.3 is 11.9 Å². The highest BCUT2D eigenvalue weighted by molar-refractivity contribution is 5.70. The van der Waals surface area contributed by atoms with Gasteiger partial charge in [-0.3, -0.25) is 9.59 Å². The van der Waals surface area contributed by atoms with Gasteiger partial charge in [-0.05, 0) is 83.5 Å². The highest BCUT2D eigenvalue weighted by Crippen LogP contribution is 2.13. The van der Waals surface area contributed by atoms with Crippen molar-refractivity contribution in [2.45, 2.75) is 200 Å². The van der Waals surface area contributed by atoms with Gasteiger partial charge in [0.1, 0.15) is 6.61 Å². The monoisotopic (exact) mass is 725 g/mol. The maximum Gasteiger partial charge on any atom is 0.306 e. The van der Waals surface area contributed by atoms with Crippen LogP contribution in [-0.4, -0.2) is 36.4 Å². The van der Waals surface area contributed by atoms with Gasteiger partial charge in [0, 0.05) is 12.8 Å². The molecule has 0 aliphatic heterocycles. The van der Waals surface area contributed by atoms with Crippen LogP contribution in [0.15, 0.2) is 72.9 Å². The van der Waals surface area contributed by atoms with E-state index in [0.29, 0.717) is 12.8 Å². The van der Waals surface area contributed by atoms with E-state index in [1.54, 1.807) is 0 Å². The number of unbranched alkanes of at least 4 members (excludes halogenated alkanes) is 18. The average molecular weight is 725 g/mol. The molecule has 298 valence electrons. The van der Waals surface area contributed by atoms with Gasteiger partial charge in [-0.15, -0.1) is 0 Å². The first-order valence-corrected chi connectivity index (χ1v) is 21.5. The molecule has 5 heteroatoms. The predicted octanol–water partition coefficient (Wildman–Crippen LogP) is 13.7. The second-order valence-electron chi connectivity index (χ2n) is 14.0. The Morgan fingerprint density at radius 2 is 0.827 bits per heavy atom. The van der Waals surface area contributed by atoms with Crippen LogP contribution < -0.4 is 0 Å². The second kappa shape index (κ2) is 42.8. The minimum atomic E-state index is -0.784. The molecule has 0 heterocycles. The standard InChI is InChI=1S/C47H80O5/c1-3-5-7-9-11-13-15-17-19-21-23-25-27-29-31-33-35-37-39-41-46(49)51-44-45(43-48)52-47(50)42-40-38-36-34-32-30-28-26-24-22-20-18-16-14-12-10-8-6-4-2/h6,8,11-14,17-20,24,26,45,48H,3-5,7,9-10,15-16,21-23,25,27-44H2,1-2H3/b8-6-,13-11-,14-12-,19-17-,20-18-,26-24-. The largest absolute Gasteiger partial charge is 0.462 e. The van der Waals surface area contributed by atoms with Gasteiger partial charge in [0.15, 0.2) is 6.10 Å². The number of allylic oxidation sites excluding steroid dienone is 12. The van der Waals surface area contributed by atoms with Crippen molar-refractivity contribution in [1.29, 1.82) is 0 Å². The molecule has 0 aliphatic carbocycles. The molecular formula is C47H80O5. The lowest BCUT2D eigenvalue weighted by Crippen LogP contribution is -2.28. The van der Waals surface area contributed by atoms with E-state index in [1.807, 2.05) is 0 Å². The van der Waals surface area contributed by atoms with E-state index < -0.39 is 6.10 Å². The zero-order valence-corrected chi connectivity index (χ0v) is 33.8. The number of hydrogen-bond acceptors (Lipinski definition) is 5. The number of ether oxygens (including phenoxy) is 2. The lowest BCUT2D eigenvalue weighted by molar-refractivity contribution is -0.161. The molecule has 1 atom stereocenters. The molecule has 0 aromatic carbocycles. The molecule has 0 saturated carbocycles. The molecule has 0 bridgehead atoms. The zero-order chi connectivity index (χ0) is 37.8. The highest BCUT2D eigenvalue weighted by Gasteiger charge is 2.16. The highest BCUT2D eigenvalue weighted by atomic mass is 16.6. The first-order valence-electron chi connectivity index (χ1n) is 21.5. The van der Waals surface area contributed by atoms with Crippen molar-refractivity contribution in [3.05, 3.63) is 72.9 Å². The summed E-state index contributed by atoms with van der Waals surface area (Å²) in [6, 6.07) is 0. The third-order valence-corrected chi connectivity index (χ3v) is 8.98. The molecule has 0 rings (SSSR count). The summed E-state index contributed by atoms with van der Waals surface area (Å²) in [4.78, 5) is 24.3. The fourth-order valence-electron chi connectivity index (χ4n) is 5.75. The number of rotatable bonds is 38. The topological polar surface area (TPSA) is 72.8 Å². The van der Waals surface area contributed by atoms with Crippen LogP contribution in [0.3, 0.4) is 0 Å². The average Bonchev–Trinajstić information content (AvgIpc) is 3.15. The van der Waals surface area contributed by atoms with Gasteiger partial charge in [0.2, 0.25) is 0 Å². The molecule has 5 nitrogen and oxygen atoms in total. The third-order valence-electron chi connectivity index (χ3n) is 8.98. The van der Waals surface area contributed by atoms with Gasteiger partial charge in [-0.1, -0.05) is 170 Å². The summed E-state index contributed by atoms with van der Waals surface area (Å²) in [5.74, 6) is -0.615. The summed E-state index contributed by atoms with van der Waals surface area (Å²) in [6.07, 6.45) is 56.8. The molecule has 0 aliphatic rings. The van der Waals surface area contributed by atoms with Gasteiger partial charge in [-0.2, -0.15) is 0 Å². The summed E-state index contributed by atoms with van der Waals surface area (Å²) in [7, 11) is 0. The van der Waals surface area contributed by atoms with Crippen LogP contribution in [0.5, 0.6) is 0 Å². The fraction of sp³-hybridized carbons (Fsp3) is 0.702. The molecule has 0 amide bonds. The smallest absolute Gasteiger partial charge is 0.306 e. The number of carbonyl (C=O) groups excluding carboxylic acids is 2. The van der Waals surface area contributed by atoms with E-state index in [2.05, 4.69) is 86.8 Å². The minimum Gasteiger partial charge on any atom is -0.462 e. The number of aliphatic hydroxyl groups excluding tert-OH is 1. The van der Waals surface area contributed by atoms with Gasteiger partial charge in [-0.25, -0.2) is 0 Å². The Bertz CT molecular complexity index is 957. The van der Waals surface area contributed by atoms with Crippen LogP contribution in [-0.2, 0) is 19.1 Å². The Hall–Kier alpha value is -2.66. The molecule has 0 radical (unpaired) electrons. The van der Waals surface area contributed by atoms with Crippen LogP contribution in [0.2, 0.25) is 0 Å². The van der Waals surface area contributed by atoms with Crippen molar-refractivity contribution in [3.63, 3.8) is 0 Å². The first-order chi connectivity index (χ1) is 25.6. The van der Waals surface area contributed by atoms with Crippen molar-refractivity contribution >= 4 is 11.9 Å². The summed E-state index contributed by atoms with van der Waals surface area (Å²) in [5.41, 5.74) is 0. The maximum absolute atomic E-state index is 12.2.